The summed E-state index contributed by atoms with van der Waals surface area (Å²) in [5.74, 6) is 0.441. The highest BCUT2D eigenvalue weighted by atomic mass is 19.4. The third kappa shape index (κ3) is 4.83. The first-order chi connectivity index (χ1) is 12.4. The lowest BCUT2D eigenvalue weighted by Crippen LogP contribution is -2.40. The highest BCUT2D eigenvalue weighted by Crippen LogP contribution is 2.28. The van der Waals surface area contributed by atoms with Gasteiger partial charge >= 0.3 is 6.18 Å². The molecule has 8 heteroatoms. The lowest BCUT2D eigenvalue weighted by Gasteiger charge is -2.33. The third-order valence-electron chi connectivity index (χ3n) is 4.57. The van der Waals surface area contributed by atoms with Gasteiger partial charge in [-0.05, 0) is 25.0 Å². The molecular formula is C18H21F3N4O. The Kier molecular flexibility index (Phi) is 5.58. The van der Waals surface area contributed by atoms with Gasteiger partial charge in [0.1, 0.15) is 5.82 Å². The van der Waals surface area contributed by atoms with Crippen molar-refractivity contribution in [1.82, 2.24) is 19.4 Å². The number of carbonyl (C=O) groups excluding carboxylic acids is 1. The van der Waals surface area contributed by atoms with E-state index in [2.05, 4.69) is 9.97 Å². The number of hydrogen-bond donors (Lipinski definition) is 0. The monoisotopic (exact) mass is 366 g/mol. The number of nitrogens with zero attached hydrogens (tertiary/aromatic N) is 4. The number of hydrogen-bond acceptors (Lipinski definition) is 3. The van der Waals surface area contributed by atoms with Gasteiger partial charge in [0.15, 0.2) is 0 Å². The molecule has 1 amide bonds. The number of carbonyl (C=O) groups is 1. The second-order valence-electron chi connectivity index (χ2n) is 6.53. The van der Waals surface area contributed by atoms with Crippen molar-refractivity contribution in [2.75, 3.05) is 13.1 Å². The molecule has 0 spiro atoms. The van der Waals surface area contributed by atoms with E-state index in [1.54, 1.807) is 17.3 Å². The van der Waals surface area contributed by atoms with Gasteiger partial charge in [-0.3, -0.25) is 9.78 Å². The van der Waals surface area contributed by atoms with Gasteiger partial charge in [0.25, 0.3) is 0 Å². The average molecular weight is 366 g/mol. The van der Waals surface area contributed by atoms with Crippen LogP contribution < -0.4 is 0 Å². The van der Waals surface area contributed by atoms with Gasteiger partial charge in [-0.25, -0.2) is 4.98 Å². The zero-order valence-electron chi connectivity index (χ0n) is 14.3. The minimum Gasteiger partial charge on any atom is -0.342 e. The summed E-state index contributed by atoms with van der Waals surface area (Å²) in [5, 5.41) is 0. The van der Waals surface area contributed by atoms with Crippen molar-refractivity contribution in [3.8, 4) is 0 Å². The fourth-order valence-corrected chi connectivity index (χ4v) is 3.30. The maximum Gasteiger partial charge on any atom is 0.389 e. The van der Waals surface area contributed by atoms with Gasteiger partial charge in [-0.15, -0.1) is 0 Å². The van der Waals surface area contributed by atoms with Crippen molar-refractivity contribution in [2.45, 2.75) is 44.3 Å². The maximum absolute atomic E-state index is 12.4. The fourth-order valence-electron chi connectivity index (χ4n) is 3.30. The standard InChI is InChI=1S/C18H21F3N4O/c19-18(20,21)7-6-16(26)24-10-3-4-14(12-24)17-23-9-11-25(17)13-15-5-1-2-8-22-15/h1-2,5,8-9,11,14H,3-4,6-7,10,12-13H2/t14-/m0/s1. The van der Waals surface area contributed by atoms with E-state index in [4.69, 9.17) is 0 Å². The Morgan fingerprint density at radius 1 is 1.23 bits per heavy atom. The van der Waals surface area contributed by atoms with Crippen molar-refractivity contribution in [3.05, 3.63) is 48.3 Å². The molecule has 0 aromatic carbocycles. The Morgan fingerprint density at radius 3 is 2.81 bits per heavy atom. The van der Waals surface area contributed by atoms with Crippen LogP contribution in [0.25, 0.3) is 0 Å². The molecule has 0 aliphatic carbocycles. The number of amides is 1. The van der Waals surface area contributed by atoms with Gasteiger partial charge in [0.05, 0.1) is 18.7 Å². The average Bonchev–Trinajstić information content (AvgIpc) is 3.08. The SMILES string of the molecule is O=C(CCC(F)(F)F)N1CCC[C@H](c2nccn2Cc2ccccn2)C1. The number of likely N-dealkylation sites (tertiary alicyclic amines) is 1. The van der Waals surface area contributed by atoms with Crippen molar-refractivity contribution in [1.29, 1.82) is 0 Å². The highest BCUT2D eigenvalue weighted by Gasteiger charge is 2.31. The van der Waals surface area contributed by atoms with E-state index >= 15 is 0 Å². The first kappa shape index (κ1) is 18.4. The first-order valence-corrected chi connectivity index (χ1v) is 8.68. The zero-order chi connectivity index (χ0) is 18.6. The lowest BCUT2D eigenvalue weighted by molar-refractivity contribution is -0.149. The van der Waals surface area contributed by atoms with E-state index in [0.29, 0.717) is 19.6 Å². The number of halogens is 3. The number of aromatic nitrogens is 3. The van der Waals surface area contributed by atoms with Crippen LogP contribution in [-0.2, 0) is 11.3 Å². The summed E-state index contributed by atoms with van der Waals surface area (Å²) in [4.78, 5) is 22.4. The largest absolute Gasteiger partial charge is 0.389 e. The molecule has 0 N–H and O–H groups in total. The summed E-state index contributed by atoms with van der Waals surface area (Å²) >= 11 is 0. The van der Waals surface area contributed by atoms with Gasteiger partial charge in [-0.1, -0.05) is 6.07 Å². The first-order valence-electron chi connectivity index (χ1n) is 8.68. The predicted octanol–water partition coefficient (Wildman–Crippen LogP) is 3.37. The van der Waals surface area contributed by atoms with Crippen molar-refractivity contribution < 1.29 is 18.0 Å². The predicted molar refractivity (Wildman–Crippen MR) is 89.4 cm³/mol. The molecule has 5 nitrogen and oxygen atoms in total. The van der Waals surface area contributed by atoms with Crippen LogP contribution >= 0.6 is 0 Å². The number of rotatable bonds is 5. The molecule has 0 bridgehead atoms. The Labute approximate surface area is 149 Å². The normalized spacial score (nSPS) is 18.1. The second-order valence-corrected chi connectivity index (χ2v) is 6.53. The van der Waals surface area contributed by atoms with Crippen molar-refractivity contribution in [2.24, 2.45) is 0 Å². The Bertz CT molecular complexity index is 730. The van der Waals surface area contributed by atoms with Crippen LogP contribution in [0, 0.1) is 0 Å². The van der Waals surface area contributed by atoms with Gasteiger partial charge in [0, 0.05) is 44.0 Å². The van der Waals surface area contributed by atoms with E-state index in [9.17, 15) is 18.0 Å². The molecule has 0 unspecified atom stereocenters. The molecule has 3 rings (SSSR count). The summed E-state index contributed by atoms with van der Waals surface area (Å²) < 4.78 is 39.1. The van der Waals surface area contributed by atoms with Crippen molar-refractivity contribution in [3.63, 3.8) is 0 Å². The number of alkyl halides is 3. The van der Waals surface area contributed by atoms with Crippen LogP contribution in [0.15, 0.2) is 36.8 Å². The lowest BCUT2D eigenvalue weighted by atomic mass is 9.96. The quantitative estimate of drug-likeness (QED) is 0.815. The molecule has 2 aromatic heterocycles. The molecule has 0 saturated carbocycles. The van der Waals surface area contributed by atoms with Crippen LogP contribution in [0.1, 0.15) is 43.1 Å². The highest BCUT2D eigenvalue weighted by molar-refractivity contribution is 5.76. The summed E-state index contributed by atoms with van der Waals surface area (Å²) in [5.41, 5.74) is 0.903. The van der Waals surface area contributed by atoms with Crippen LogP contribution in [0.5, 0.6) is 0 Å². The molecule has 26 heavy (non-hydrogen) atoms. The Hall–Kier alpha value is -2.38. The zero-order valence-corrected chi connectivity index (χ0v) is 14.3. The molecule has 0 radical (unpaired) electrons. The van der Waals surface area contributed by atoms with Gasteiger partial charge in [0.2, 0.25) is 5.91 Å². The smallest absolute Gasteiger partial charge is 0.342 e. The van der Waals surface area contributed by atoms with Crippen LogP contribution in [0.3, 0.4) is 0 Å². The van der Waals surface area contributed by atoms with Gasteiger partial charge in [-0.2, -0.15) is 13.2 Å². The van der Waals surface area contributed by atoms with E-state index in [1.165, 1.54) is 0 Å². The Balaban J connectivity index is 1.65. The van der Waals surface area contributed by atoms with E-state index in [0.717, 1.165) is 24.4 Å². The van der Waals surface area contributed by atoms with Crippen LogP contribution in [0.4, 0.5) is 13.2 Å². The number of piperidine rings is 1. The third-order valence-corrected chi connectivity index (χ3v) is 4.57. The molecule has 2 aromatic rings. The van der Waals surface area contributed by atoms with Gasteiger partial charge < -0.3 is 9.47 Å². The van der Waals surface area contributed by atoms with Crippen LogP contribution in [0.2, 0.25) is 0 Å². The second kappa shape index (κ2) is 7.88. The van der Waals surface area contributed by atoms with E-state index < -0.39 is 24.9 Å². The maximum atomic E-state index is 12.4. The van der Waals surface area contributed by atoms with Crippen molar-refractivity contribution >= 4 is 5.91 Å². The van der Waals surface area contributed by atoms with E-state index in [1.807, 2.05) is 29.0 Å². The minimum atomic E-state index is -4.30. The summed E-state index contributed by atoms with van der Waals surface area (Å²) in [6.45, 7) is 1.50. The number of imidazole rings is 1. The molecule has 1 atom stereocenters. The molecule has 1 saturated heterocycles. The minimum absolute atomic E-state index is 0.0253. The summed E-state index contributed by atoms with van der Waals surface area (Å²) in [7, 11) is 0. The fraction of sp³-hybridized carbons (Fsp3) is 0.500. The summed E-state index contributed by atoms with van der Waals surface area (Å²) in [6.07, 6.45) is 1.08. The molecule has 1 aliphatic heterocycles. The van der Waals surface area contributed by atoms with E-state index in [-0.39, 0.29) is 5.92 Å². The number of pyridine rings is 1. The molecule has 140 valence electrons. The molecule has 3 heterocycles. The molecule has 1 fully saturated rings. The van der Waals surface area contributed by atoms with Crippen LogP contribution in [-0.4, -0.2) is 44.6 Å². The topological polar surface area (TPSA) is 51.0 Å². The molecule has 1 aliphatic rings. The molecular weight excluding hydrogens is 345 g/mol. The Morgan fingerprint density at radius 2 is 2.08 bits per heavy atom. The summed E-state index contributed by atoms with van der Waals surface area (Å²) in [6, 6.07) is 5.70.